The Morgan fingerprint density at radius 2 is 1.92 bits per heavy atom. The van der Waals surface area contributed by atoms with Crippen molar-refractivity contribution in [3.05, 3.63) is 35.0 Å². The maximum absolute atomic E-state index is 12.8. The lowest BCUT2D eigenvalue weighted by Gasteiger charge is -2.56. The minimum atomic E-state index is -0.406. The summed E-state index contributed by atoms with van der Waals surface area (Å²) in [4.78, 5) is 26.2. The van der Waals surface area contributed by atoms with Crippen LogP contribution < -0.4 is 5.32 Å². The standard InChI is InChI=1S/C27H36N4O3S2/c1-4-7-31-22(15-27-12-17-8-18(13-27)10-19(9-17)14-27)29-30-26(31)35-16-23(32)28-24-21(25(33)34-6-3)11-20(5-2)36-24/h4,11,17-19H,1,5-10,12-16H2,2-3H3,(H,28,32). The summed E-state index contributed by atoms with van der Waals surface area (Å²) in [7, 11) is 0. The highest BCUT2D eigenvalue weighted by Crippen LogP contribution is 2.61. The van der Waals surface area contributed by atoms with Crippen molar-refractivity contribution in [3.8, 4) is 0 Å². The van der Waals surface area contributed by atoms with E-state index >= 15 is 0 Å². The zero-order valence-corrected chi connectivity index (χ0v) is 22.9. The van der Waals surface area contributed by atoms with Crippen LogP contribution >= 0.6 is 23.1 Å². The van der Waals surface area contributed by atoms with Crippen molar-refractivity contribution in [1.29, 1.82) is 0 Å². The van der Waals surface area contributed by atoms with Crippen LogP contribution in [-0.4, -0.2) is 39.0 Å². The van der Waals surface area contributed by atoms with E-state index in [1.54, 1.807) is 6.92 Å². The van der Waals surface area contributed by atoms with Crippen LogP contribution in [0.5, 0.6) is 0 Å². The number of amides is 1. The Balaban J connectivity index is 1.25. The van der Waals surface area contributed by atoms with Crippen LogP contribution in [0.1, 0.15) is 73.4 Å². The summed E-state index contributed by atoms with van der Waals surface area (Å²) in [6.45, 7) is 8.67. The molecule has 1 N–H and O–H groups in total. The van der Waals surface area contributed by atoms with Crippen LogP contribution in [0.15, 0.2) is 23.9 Å². The van der Waals surface area contributed by atoms with Gasteiger partial charge in [0.25, 0.3) is 0 Å². The zero-order chi connectivity index (χ0) is 25.3. The number of nitrogens with one attached hydrogen (secondary N) is 1. The van der Waals surface area contributed by atoms with Gasteiger partial charge in [-0.05, 0) is 81.1 Å². The predicted octanol–water partition coefficient (Wildman–Crippen LogP) is 5.75. The highest BCUT2D eigenvalue weighted by Gasteiger charge is 2.51. The zero-order valence-electron chi connectivity index (χ0n) is 21.3. The van der Waals surface area contributed by atoms with Crippen molar-refractivity contribution in [3.63, 3.8) is 0 Å². The normalized spacial score (nSPS) is 26.2. The largest absolute Gasteiger partial charge is 0.462 e. The van der Waals surface area contributed by atoms with Crippen molar-refractivity contribution in [2.24, 2.45) is 23.2 Å². The number of carbonyl (C=O) groups is 2. The maximum Gasteiger partial charge on any atom is 0.341 e. The molecule has 0 saturated heterocycles. The molecular weight excluding hydrogens is 492 g/mol. The van der Waals surface area contributed by atoms with Gasteiger partial charge in [-0.25, -0.2) is 4.79 Å². The number of nitrogens with zero attached hydrogens (tertiary/aromatic N) is 3. The van der Waals surface area contributed by atoms with Gasteiger partial charge < -0.3 is 14.6 Å². The van der Waals surface area contributed by atoms with Gasteiger partial charge in [0.2, 0.25) is 5.91 Å². The first-order chi connectivity index (χ1) is 17.4. The molecule has 0 aliphatic heterocycles. The Hall–Kier alpha value is -2.13. The van der Waals surface area contributed by atoms with E-state index in [0.717, 1.165) is 46.5 Å². The van der Waals surface area contributed by atoms with Crippen LogP contribution in [-0.2, 0) is 28.9 Å². The summed E-state index contributed by atoms with van der Waals surface area (Å²) in [5, 5.41) is 13.3. The molecule has 2 aromatic rings. The quantitative estimate of drug-likeness (QED) is 0.227. The molecule has 194 valence electrons. The fraction of sp³-hybridized carbons (Fsp3) is 0.630. The molecule has 2 heterocycles. The van der Waals surface area contributed by atoms with Gasteiger partial charge in [0.15, 0.2) is 5.16 Å². The first-order valence-electron chi connectivity index (χ1n) is 13.2. The molecule has 0 unspecified atom stereocenters. The molecule has 1 amide bonds. The van der Waals surface area contributed by atoms with Gasteiger partial charge in [0, 0.05) is 17.8 Å². The van der Waals surface area contributed by atoms with E-state index in [0.29, 0.717) is 29.1 Å². The Morgan fingerprint density at radius 3 is 2.53 bits per heavy atom. The molecule has 4 fully saturated rings. The third kappa shape index (κ3) is 5.28. The van der Waals surface area contributed by atoms with Crippen molar-refractivity contribution in [2.75, 3.05) is 17.7 Å². The molecule has 7 nitrogen and oxygen atoms in total. The molecule has 0 aromatic carbocycles. The number of carbonyl (C=O) groups excluding carboxylic acids is 2. The molecule has 4 bridgehead atoms. The van der Waals surface area contributed by atoms with E-state index in [9.17, 15) is 9.59 Å². The lowest BCUT2D eigenvalue weighted by Crippen LogP contribution is -2.47. The number of allylic oxidation sites excluding steroid dienone is 1. The minimum Gasteiger partial charge on any atom is -0.462 e. The molecule has 9 heteroatoms. The van der Waals surface area contributed by atoms with Gasteiger partial charge in [0.1, 0.15) is 10.8 Å². The van der Waals surface area contributed by atoms with E-state index in [2.05, 4.69) is 26.7 Å². The van der Waals surface area contributed by atoms with Crippen molar-refractivity contribution in [2.45, 2.75) is 76.9 Å². The van der Waals surface area contributed by atoms with Gasteiger partial charge in [-0.15, -0.1) is 28.1 Å². The van der Waals surface area contributed by atoms with E-state index in [1.807, 2.05) is 19.1 Å². The summed E-state index contributed by atoms with van der Waals surface area (Å²) in [6.07, 6.45) is 11.9. The second kappa shape index (κ2) is 10.7. The second-order valence-corrected chi connectivity index (χ2v) is 12.8. The number of thioether (sulfide) groups is 1. The van der Waals surface area contributed by atoms with Crippen LogP contribution in [0.3, 0.4) is 0 Å². The number of aryl methyl sites for hydroxylation is 1. The van der Waals surface area contributed by atoms with Gasteiger partial charge >= 0.3 is 5.97 Å². The van der Waals surface area contributed by atoms with Gasteiger partial charge in [-0.1, -0.05) is 24.8 Å². The SMILES string of the molecule is C=CCn1c(CC23CC4CC(CC(C4)C2)C3)nnc1SCC(=O)Nc1sc(CC)cc1C(=O)OCC. The number of anilines is 1. The molecule has 2 aromatic heterocycles. The minimum absolute atomic E-state index is 0.175. The number of esters is 1. The first-order valence-corrected chi connectivity index (χ1v) is 15.0. The Kier molecular flexibility index (Phi) is 7.58. The molecule has 4 aliphatic carbocycles. The van der Waals surface area contributed by atoms with Crippen LogP contribution in [0.4, 0.5) is 5.00 Å². The third-order valence-electron chi connectivity index (χ3n) is 8.02. The summed E-state index contributed by atoms with van der Waals surface area (Å²) in [5.74, 6) is 3.32. The summed E-state index contributed by atoms with van der Waals surface area (Å²) in [5.41, 5.74) is 0.796. The number of rotatable bonds is 11. The van der Waals surface area contributed by atoms with Gasteiger partial charge in [-0.2, -0.15) is 0 Å². The average Bonchev–Trinajstić information content (AvgIpc) is 3.41. The average molecular weight is 529 g/mol. The topological polar surface area (TPSA) is 86.1 Å². The fourth-order valence-electron chi connectivity index (χ4n) is 7.07. The number of thiophene rings is 1. The lowest BCUT2D eigenvalue weighted by molar-refractivity contribution is -0.113. The molecule has 4 aliphatic rings. The van der Waals surface area contributed by atoms with Gasteiger partial charge in [-0.3, -0.25) is 4.79 Å². The molecule has 0 spiro atoms. The third-order valence-corrected chi connectivity index (χ3v) is 10.2. The van der Waals surface area contributed by atoms with E-state index in [-0.39, 0.29) is 11.7 Å². The van der Waals surface area contributed by atoms with Crippen molar-refractivity contribution >= 4 is 40.0 Å². The van der Waals surface area contributed by atoms with Gasteiger partial charge in [0.05, 0.1) is 17.9 Å². The second-order valence-electron chi connectivity index (χ2n) is 10.8. The molecule has 0 radical (unpaired) electrons. The number of hydrogen-bond acceptors (Lipinski definition) is 7. The molecule has 0 atom stereocenters. The maximum atomic E-state index is 12.8. The molecule has 36 heavy (non-hydrogen) atoms. The number of aromatic nitrogens is 3. The van der Waals surface area contributed by atoms with E-state index < -0.39 is 5.97 Å². The monoisotopic (exact) mass is 528 g/mol. The molecular formula is C27H36N4O3S2. The van der Waals surface area contributed by atoms with Crippen molar-refractivity contribution in [1.82, 2.24) is 14.8 Å². The Labute approximate surface area is 221 Å². The van der Waals surface area contributed by atoms with E-state index in [1.165, 1.54) is 61.6 Å². The van der Waals surface area contributed by atoms with Crippen molar-refractivity contribution < 1.29 is 14.3 Å². The smallest absolute Gasteiger partial charge is 0.341 e. The lowest BCUT2D eigenvalue weighted by atomic mass is 9.49. The Morgan fingerprint density at radius 1 is 1.22 bits per heavy atom. The summed E-state index contributed by atoms with van der Waals surface area (Å²) in [6, 6.07) is 1.81. The van der Waals surface area contributed by atoms with Crippen LogP contribution in [0, 0.1) is 23.2 Å². The van der Waals surface area contributed by atoms with E-state index in [4.69, 9.17) is 4.74 Å². The summed E-state index contributed by atoms with van der Waals surface area (Å²) < 4.78 is 7.30. The van der Waals surface area contributed by atoms with Crippen LogP contribution in [0.2, 0.25) is 0 Å². The molecule has 4 saturated carbocycles. The Bertz CT molecular complexity index is 1100. The highest BCUT2D eigenvalue weighted by atomic mass is 32.2. The fourth-order valence-corrected chi connectivity index (χ4v) is 8.84. The highest BCUT2D eigenvalue weighted by molar-refractivity contribution is 7.99. The van der Waals surface area contributed by atoms with Crippen LogP contribution in [0.25, 0.3) is 0 Å². The molecule has 6 rings (SSSR count). The predicted molar refractivity (Wildman–Crippen MR) is 144 cm³/mol. The number of hydrogen-bond donors (Lipinski definition) is 1. The number of ether oxygens (including phenoxy) is 1. The summed E-state index contributed by atoms with van der Waals surface area (Å²) >= 11 is 2.80. The first kappa shape index (κ1) is 25.5.